The van der Waals surface area contributed by atoms with E-state index < -0.39 is 12.3 Å². The summed E-state index contributed by atoms with van der Waals surface area (Å²) < 4.78 is 22.1. The molecule has 4 rings (SSSR count). The zero-order valence-corrected chi connectivity index (χ0v) is 19.5. The molecule has 2 N–H and O–H groups in total. The Bertz CT molecular complexity index is 1080. The zero-order chi connectivity index (χ0) is 24.1. The Hall–Kier alpha value is -3.10. The molecule has 2 unspecified atom stereocenters. The summed E-state index contributed by atoms with van der Waals surface area (Å²) in [6.07, 6.45) is 5.18. The molecular weight excluding hydrogens is 438 g/mol. The molecule has 0 aromatic carbocycles. The first-order valence-corrected chi connectivity index (χ1v) is 11.4. The average Bonchev–Trinajstić information content (AvgIpc) is 2.88. The number of pyridine rings is 2. The van der Waals surface area contributed by atoms with E-state index >= 15 is 0 Å². The smallest absolute Gasteiger partial charge is 0.426 e. The number of nitrogens with zero attached hydrogens (tertiary/aromatic N) is 4. The highest BCUT2D eigenvalue weighted by molar-refractivity contribution is 5.92. The van der Waals surface area contributed by atoms with Crippen molar-refractivity contribution in [3.63, 3.8) is 0 Å². The summed E-state index contributed by atoms with van der Waals surface area (Å²) in [5, 5.41) is 9.60. The Morgan fingerprint density at radius 1 is 1.32 bits per heavy atom. The van der Waals surface area contributed by atoms with Crippen LogP contribution in [0.4, 0.5) is 16.4 Å². The molecular formula is C24H30N5O5+. The Morgan fingerprint density at radius 2 is 2.15 bits per heavy atom. The van der Waals surface area contributed by atoms with Gasteiger partial charge in [0.15, 0.2) is 0 Å². The van der Waals surface area contributed by atoms with E-state index in [0.29, 0.717) is 49.3 Å². The summed E-state index contributed by atoms with van der Waals surface area (Å²) in [7, 11) is 3.04. The van der Waals surface area contributed by atoms with Crippen LogP contribution in [0.25, 0.3) is 0 Å². The number of nitrogens with two attached hydrogens (primary N) is 1. The van der Waals surface area contributed by atoms with Gasteiger partial charge in [0.1, 0.15) is 36.2 Å². The van der Waals surface area contributed by atoms with Crippen LogP contribution in [0, 0.1) is 11.3 Å². The number of primary amides is 1. The first-order chi connectivity index (χ1) is 16.5. The predicted molar refractivity (Wildman–Crippen MR) is 123 cm³/mol. The van der Waals surface area contributed by atoms with Crippen LogP contribution >= 0.6 is 0 Å². The van der Waals surface area contributed by atoms with E-state index in [2.05, 4.69) is 11.1 Å². The van der Waals surface area contributed by atoms with Gasteiger partial charge < -0.3 is 24.7 Å². The van der Waals surface area contributed by atoms with Crippen molar-refractivity contribution in [1.29, 1.82) is 5.26 Å². The fraction of sp³-hybridized carbons (Fsp3) is 0.500. The number of nitriles is 1. The third-order valence-electron chi connectivity index (χ3n) is 6.39. The minimum atomic E-state index is -0.690. The molecule has 0 saturated carbocycles. The summed E-state index contributed by atoms with van der Waals surface area (Å²) >= 11 is 0. The van der Waals surface area contributed by atoms with Crippen molar-refractivity contribution in [2.45, 2.75) is 44.5 Å². The van der Waals surface area contributed by atoms with E-state index in [4.69, 9.17) is 29.7 Å². The topological polar surface area (TPSA) is 130 Å². The maximum Gasteiger partial charge on any atom is 0.426 e. The zero-order valence-electron chi connectivity index (χ0n) is 19.5. The lowest BCUT2D eigenvalue weighted by molar-refractivity contribution is -0.108. The minimum Gasteiger partial charge on any atom is -0.489 e. The molecule has 0 spiro atoms. The Morgan fingerprint density at radius 3 is 2.82 bits per heavy atom. The molecule has 2 aromatic heterocycles. The van der Waals surface area contributed by atoms with Gasteiger partial charge in [0.25, 0.3) is 0 Å². The second-order valence-electron chi connectivity index (χ2n) is 8.45. The SMILES string of the molecule is COC(OC)c1ccc2c(n1)[N+](C(N)=O)(c1cc(OCC3CCCCO3)c(C#N)cn1)CCC2. The Labute approximate surface area is 198 Å². The van der Waals surface area contributed by atoms with Crippen LogP contribution in [-0.4, -0.2) is 56.1 Å². The summed E-state index contributed by atoms with van der Waals surface area (Å²) in [5.74, 6) is 1.17. The predicted octanol–water partition coefficient (Wildman–Crippen LogP) is 3.25. The molecule has 0 radical (unpaired) electrons. The Balaban J connectivity index is 1.76. The van der Waals surface area contributed by atoms with Crippen molar-refractivity contribution in [3.8, 4) is 11.8 Å². The van der Waals surface area contributed by atoms with Crippen LogP contribution in [0.1, 0.15) is 48.8 Å². The summed E-state index contributed by atoms with van der Waals surface area (Å²) in [6.45, 7) is 1.40. The van der Waals surface area contributed by atoms with Gasteiger partial charge in [-0.3, -0.25) is 0 Å². The van der Waals surface area contributed by atoms with E-state index in [9.17, 15) is 10.1 Å². The van der Waals surface area contributed by atoms with Crippen LogP contribution in [0.5, 0.6) is 5.75 Å². The molecule has 1 saturated heterocycles. The Kier molecular flexibility index (Phi) is 7.38. The van der Waals surface area contributed by atoms with Gasteiger partial charge in [0.05, 0.1) is 18.4 Å². The molecule has 2 atom stereocenters. The van der Waals surface area contributed by atoms with Gasteiger partial charge in [0, 0.05) is 32.8 Å². The van der Waals surface area contributed by atoms with E-state index in [1.807, 2.05) is 12.1 Å². The number of methoxy groups -OCH3 is 2. The van der Waals surface area contributed by atoms with Gasteiger partial charge in [-0.15, -0.1) is 4.48 Å². The fourth-order valence-corrected chi connectivity index (χ4v) is 4.61. The van der Waals surface area contributed by atoms with Crippen LogP contribution in [0.2, 0.25) is 0 Å². The number of hydrogen-bond acceptors (Lipinski definition) is 8. The van der Waals surface area contributed by atoms with Gasteiger partial charge in [0.2, 0.25) is 17.9 Å². The number of ether oxygens (including phenoxy) is 4. The van der Waals surface area contributed by atoms with E-state index in [0.717, 1.165) is 31.2 Å². The van der Waals surface area contributed by atoms with Crippen molar-refractivity contribution in [3.05, 3.63) is 41.2 Å². The minimum absolute atomic E-state index is 0.0313. The van der Waals surface area contributed by atoms with Crippen LogP contribution in [0.3, 0.4) is 0 Å². The van der Waals surface area contributed by atoms with Crippen molar-refractivity contribution in [1.82, 2.24) is 14.5 Å². The van der Waals surface area contributed by atoms with Crippen LogP contribution in [-0.2, 0) is 20.6 Å². The molecule has 10 heteroatoms. The number of urea groups is 1. The number of carbonyl (C=O) groups is 1. The lowest BCUT2D eigenvalue weighted by Crippen LogP contribution is -2.56. The number of amides is 2. The highest BCUT2D eigenvalue weighted by atomic mass is 16.7. The highest BCUT2D eigenvalue weighted by Crippen LogP contribution is 2.41. The molecule has 34 heavy (non-hydrogen) atoms. The number of fused-ring (bicyclic) bond motifs is 1. The van der Waals surface area contributed by atoms with Crippen molar-refractivity contribution in [2.24, 2.45) is 5.73 Å². The fourth-order valence-electron chi connectivity index (χ4n) is 4.61. The molecule has 0 aliphatic carbocycles. The number of carbonyl (C=O) groups excluding carboxylic acids is 1. The summed E-state index contributed by atoms with van der Waals surface area (Å²) in [4.78, 5) is 22.3. The first kappa shape index (κ1) is 24.0. The molecule has 1 fully saturated rings. The molecule has 180 valence electrons. The quantitative estimate of drug-likeness (QED) is 0.484. The lowest BCUT2D eigenvalue weighted by Gasteiger charge is -2.35. The van der Waals surface area contributed by atoms with Gasteiger partial charge in [-0.25, -0.2) is 9.78 Å². The maximum absolute atomic E-state index is 13.1. The second-order valence-corrected chi connectivity index (χ2v) is 8.45. The normalized spacial score (nSPS) is 22.1. The number of aryl methyl sites for hydroxylation is 1. The third-order valence-corrected chi connectivity index (χ3v) is 6.39. The molecule has 4 heterocycles. The largest absolute Gasteiger partial charge is 0.489 e. The maximum atomic E-state index is 13.1. The number of rotatable bonds is 7. The number of hydrogen-bond donors (Lipinski definition) is 1. The molecule has 2 aromatic rings. The van der Waals surface area contributed by atoms with Crippen molar-refractivity contribution < 1.29 is 23.7 Å². The first-order valence-electron chi connectivity index (χ1n) is 11.4. The second kappa shape index (κ2) is 10.4. The van der Waals surface area contributed by atoms with E-state index in [-0.39, 0.29) is 16.2 Å². The molecule has 2 aliphatic heterocycles. The standard InChI is InChI=1S/C24H29N5O5/c1-31-23(32-2)19-9-8-16-6-5-10-29(24(26)30,22(16)28-19)21-12-20(17(13-25)14-27-21)34-15-18-7-3-4-11-33-18/h8-9,12,14,18,23H,3-7,10-11,15H2,1-2H3,(H-,26,30)/p+1. The molecule has 2 amide bonds. The number of aromatic nitrogens is 2. The van der Waals surface area contributed by atoms with Crippen molar-refractivity contribution in [2.75, 3.05) is 34.0 Å². The van der Waals surface area contributed by atoms with Gasteiger partial charge in [-0.1, -0.05) is 0 Å². The average molecular weight is 469 g/mol. The monoisotopic (exact) mass is 468 g/mol. The van der Waals surface area contributed by atoms with Crippen molar-refractivity contribution >= 4 is 17.7 Å². The van der Waals surface area contributed by atoms with Gasteiger partial charge >= 0.3 is 6.03 Å². The lowest BCUT2D eigenvalue weighted by atomic mass is 10.0. The number of quaternary nitrogens is 1. The molecule has 10 nitrogen and oxygen atoms in total. The molecule has 2 aliphatic rings. The van der Waals surface area contributed by atoms with E-state index in [1.165, 1.54) is 20.4 Å². The summed E-state index contributed by atoms with van der Waals surface area (Å²) in [5.41, 5.74) is 7.71. The van der Waals surface area contributed by atoms with Gasteiger partial charge in [-0.2, -0.15) is 10.2 Å². The third kappa shape index (κ3) is 4.48. The van der Waals surface area contributed by atoms with Crippen LogP contribution < -0.4 is 15.0 Å². The van der Waals surface area contributed by atoms with Crippen LogP contribution in [0.15, 0.2) is 24.4 Å². The summed E-state index contributed by atoms with van der Waals surface area (Å²) in [6, 6.07) is 6.86. The molecule has 0 bridgehead atoms. The van der Waals surface area contributed by atoms with Gasteiger partial charge in [-0.05, 0) is 37.8 Å². The van der Waals surface area contributed by atoms with E-state index in [1.54, 1.807) is 6.07 Å². The highest BCUT2D eigenvalue weighted by Gasteiger charge is 2.47.